The topological polar surface area (TPSA) is 122 Å². The number of piperidine rings is 1. The van der Waals surface area contributed by atoms with E-state index in [0.29, 0.717) is 11.3 Å². The second-order valence-electron chi connectivity index (χ2n) is 5.23. The Labute approximate surface area is 141 Å². The SMILES string of the molecule is NC(=O)c1ccccc1NC(=O)C1CCNCC1.O=C(O)C(F)(F)F. The number of para-hydroxylation sites is 1. The van der Waals surface area contributed by atoms with Gasteiger partial charge in [-0.1, -0.05) is 12.1 Å². The molecule has 1 aliphatic heterocycles. The molecule has 0 spiro atoms. The van der Waals surface area contributed by atoms with Gasteiger partial charge in [0.1, 0.15) is 0 Å². The molecule has 1 aromatic carbocycles. The number of rotatable bonds is 3. The number of amides is 2. The fourth-order valence-electron chi connectivity index (χ4n) is 2.13. The Morgan fingerprint density at radius 1 is 1.16 bits per heavy atom. The van der Waals surface area contributed by atoms with Gasteiger partial charge in [-0.2, -0.15) is 13.2 Å². The minimum absolute atomic E-state index is 0.00665. The third kappa shape index (κ3) is 6.79. The highest BCUT2D eigenvalue weighted by Crippen LogP contribution is 2.18. The van der Waals surface area contributed by atoms with Crippen molar-refractivity contribution in [1.29, 1.82) is 0 Å². The van der Waals surface area contributed by atoms with Gasteiger partial charge in [-0.15, -0.1) is 0 Å². The molecule has 0 radical (unpaired) electrons. The second-order valence-corrected chi connectivity index (χ2v) is 5.23. The maximum atomic E-state index is 12.1. The van der Waals surface area contributed by atoms with Gasteiger partial charge in [0.25, 0.3) is 5.91 Å². The van der Waals surface area contributed by atoms with Crippen molar-refractivity contribution in [2.75, 3.05) is 18.4 Å². The minimum atomic E-state index is -5.08. The summed E-state index contributed by atoms with van der Waals surface area (Å²) in [7, 11) is 0. The van der Waals surface area contributed by atoms with E-state index in [1.165, 1.54) is 0 Å². The number of nitrogens with two attached hydrogens (primary N) is 1. The monoisotopic (exact) mass is 361 g/mol. The van der Waals surface area contributed by atoms with Crippen LogP contribution in [0.15, 0.2) is 24.3 Å². The molecule has 0 aliphatic carbocycles. The number of hydrogen-bond acceptors (Lipinski definition) is 4. The number of halogens is 3. The molecule has 138 valence electrons. The van der Waals surface area contributed by atoms with Gasteiger partial charge in [-0.3, -0.25) is 9.59 Å². The van der Waals surface area contributed by atoms with Gasteiger partial charge >= 0.3 is 12.1 Å². The predicted octanol–water partition coefficient (Wildman–Crippen LogP) is 1.36. The van der Waals surface area contributed by atoms with Crippen LogP contribution in [0.25, 0.3) is 0 Å². The highest BCUT2D eigenvalue weighted by Gasteiger charge is 2.38. The van der Waals surface area contributed by atoms with Crippen LogP contribution in [0.4, 0.5) is 18.9 Å². The van der Waals surface area contributed by atoms with Crippen molar-refractivity contribution in [3.63, 3.8) is 0 Å². The lowest BCUT2D eigenvalue weighted by atomic mass is 9.97. The third-order valence-corrected chi connectivity index (χ3v) is 3.40. The van der Waals surface area contributed by atoms with E-state index in [1.54, 1.807) is 24.3 Å². The lowest BCUT2D eigenvalue weighted by Crippen LogP contribution is -2.35. The van der Waals surface area contributed by atoms with Crippen LogP contribution in [0.1, 0.15) is 23.2 Å². The molecule has 0 unspecified atom stereocenters. The fraction of sp³-hybridized carbons (Fsp3) is 0.400. The Hall–Kier alpha value is -2.62. The molecule has 1 fully saturated rings. The molecule has 10 heteroatoms. The Bertz CT molecular complexity index is 629. The van der Waals surface area contributed by atoms with E-state index < -0.39 is 18.1 Å². The summed E-state index contributed by atoms with van der Waals surface area (Å²) < 4.78 is 31.7. The first-order chi connectivity index (χ1) is 11.6. The first kappa shape index (κ1) is 20.4. The zero-order valence-corrected chi connectivity index (χ0v) is 13.1. The van der Waals surface area contributed by atoms with Gasteiger partial charge in [-0.05, 0) is 38.1 Å². The zero-order valence-electron chi connectivity index (χ0n) is 13.1. The minimum Gasteiger partial charge on any atom is -0.475 e. The summed E-state index contributed by atoms with van der Waals surface area (Å²) in [6.45, 7) is 1.71. The largest absolute Gasteiger partial charge is 0.490 e. The smallest absolute Gasteiger partial charge is 0.475 e. The van der Waals surface area contributed by atoms with Crippen LogP contribution in [-0.4, -0.2) is 42.2 Å². The number of aliphatic carboxylic acids is 1. The molecule has 1 aliphatic rings. The quantitative estimate of drug-likeness (QED) is 0.648. The molecule has 7 nitrogen and oxygen atoms in total. The van der Waals surface area contributed by atoms with E-state index in [4.69, 9.17) is 15.6 Å². The van der Waals surface area contributed by atoms with E-state index in [0.717, 1.165) is 25.9 Å². The van der Waals surface area contributed by atoms with Crippen molar-refractivity contribution in [1.82, 2.24) is 5.32 Å². The summed E-state index contributed by atoms with van der Waals surface area (Å²) in [6, 6.07) is 6.80. The Morgan fingerprint density at radius 2 is 1.68 bits per heavy atom. The molecule has 0 atom stereocenters. The van der Waals surface area contributed by atoms with Crippen LogP contribution in [-0.2, 0) is 9.59 Å². The maximum Gasteiger partial charge on any atom is 0.490 e. The van der Waals surface area contributed by atoms with E-state index in [-0.39, 0.29) is 11.8 Å². The van der Waals surface area contributed by atoms with Gasteiger partial charge in [0.2, 0.25) is 5.91 Å². The van der Waals surface area contributed by atoms with E-state index in [1.807, 2.05) is 0 Å². The number of alkyl halides is 3. The van der Waals surface area contributed by atoms with Gasteiger partial charge in [0, 0.05) is 5.92 Å². The molecule has 2 amide bonds. The van der Waals surface area contributed by atoms with E-state index in [2.05, 4.69) is 10.6 Å². The number of carboxylic acids is 1. The Kier molecular flexibility index (Phi) is 7.37. The standard InChI is InChI=1S/C13H17N3O2.C2HF3O2/c14-12(17)10-3-1-2-4-11(10)16-13(18)9-5-7-15-8-6-9;3-2(4,5)1(6)7/h1-4,9,15H,5-8H2,(H2,14,17)(H,16,18);(H,6,7). The van der Waals surface area contributed by atoms with Crippen LogP contribution < -0.4 is 16.4 Å². The lowest BCUT2D eigenvalue weighted by Gasteiger charge is -2.22. The number of hydrogen-bond donors (Lipinski definition) is 4. The predicted molar refractivity (Wildman–Crippen MR) is 82.9 cm³/mol. The van der Waals surface area contributed by atoms with Gasteiger partial charge in [0.05, 0.1) is 11.3 Å². The molecule has 0 bridgehead atoms. The summed E-state index contributed by atoms with van der Waals surface area (Å²) in [4.78, 5) is 32.2. The van der Waals surface area contributed by atoms with Gasteiger partial charge in [-0.25, -0.2) is 4.79 Å². The van der Waals surface area contributed by atoms with Gasteiger partial charge < -0.3 is 21.5 Å². The molecular weight excluding hydrogens is 343 g/mol. The second kappa shape index (κ2) is 9.02. The Morgan fingerprint density at radius 3 is 2.16 bits per heavy atom. The lowest BCUT2D eigenvalue weighted by molar-refractivity contribution is -0.192. The van der Waals surface area contributed by atoms with E-state index in [9.17, 15) is 22.8 Å². The zero-order chi connectivity index (χ0) is 19.0. The normalized spacial score (nSPS) is 14.8. The van der Waals surface area contributed by atoms with Crippen LogP contribution in [0.3, 0.4) is 0 Å². The summed E-state index contributed by atoms with van der Waals surface area (Å²) in [6.07, 6.45) is -3.44. The van der Waals surface area contributed by atoms with Crippen molar-refractivity contribution in [2.45, 2.75) is 19.0 Å². The molecule has 1 saturated heterocycles. The molecule has 0 aromatic heterocycles. The molecule has 2 rings (SSSR count). The van der Waals surface area contributed by atoms with Crippen LogP contribution in [0.5, 0.6) is 0 Å². The average molecular weight is 361 g/mol. The number of anilines is 1. The van der Waals surface area contributed by atoms with Crippen LogP contribution >= 0.6 is 0 Å². The number of carbonyl (C=O) groups is 3. The molecular formula is C15H18F3N3O4. The molecule has 1 aromatic rings. The summed E-state index contributed by atoms with van der Waals surface area (Å²) in [5, 5.41) is 13.1. The molecule has 25 heavy (non-hydrogen) atoms. The number of carbonyl (C=O) groups excluding carboxylic acids is 2. The summed E-state index contributed by atoms with van der Waals surface area (Å²) in [5.41, 5.74) is 6.11. The van der Waals surface area contributed by atoms with Crippen molar-refractivity contribution in [3.05, 3.63) is 29.8 Å². The highest BCUT2D eigenvalue weighted by atomic mass is 19.4. The van der Waals surface area contributed by atoms with E-state index >= 15 is 0 Å². The Balaban J connectivity index is 0.000000381. The molecule has 1 heterocycles. The fourth-order valence-corrected chi connectivity index (χ4v) is 2.13. The summed E-state index contributed by atoms with van der Waals surface area (Å²) >= 11 is 0. The van der Waals surface area contributed by atoms with Gasteiger partial charge in [0.15, 0.2) is 0 Å². The number of primary amides is 1. The average Bonchev–Trinajstić information content (AvgIpc) is 2.55. The van der Waals surface area contributed by atoms with Crippen molar-refractivity contribution < 1.29 is 32.7 Å². The number of carboxylic acid groups (broad SMARTS) is 1. The first-order valence-corrected chi connectivity index (χ1v) is 7.33. The maximum absolute atomic E-state index is 12.1. The first-order valence-electron chi connectivity index (χ1n) is 7.33. The van der Waals surface area contributed by atoms with Crippen LogP contribution in [0.2, 0.25) is 0 Å². The van der Waals surface area contributed by atoms with Crippen molar-refractivity contribution >= 4 is 23.5 Å². The van der Waals surface area contributed by atoms with Crippen molar-refractivity contribution in [2.24, 2.45) is 11.7 Å². The van der Waals surface area contributed by atoms with Crippen LogP contribution in [0, 0.1) is 5.92 Å². The third-order valence-electron chi connectivity index (χ3n) is 3.40. The molecule has 5 N–H and O–H groups in total. The highest BCUT2D eigenvalue weighted by molar-refractivity contribution is 6.03. The number of nitrogens with one attached hydrogen (secondary N) is 2. The van der Waals surface area contributed by atoms with Crippen molar-refractivity contribution in [3.8, 4) is 0 Å². The molecule has 0 saturated carbocycles. The summed E-state index contributed by atoms with van der Waals surface area (Å²) in [5.74, 6) is -3.32. The number of benzene rings is 1.